The number of nitrogens with zero attached hydrogens (tertiary/aromatic N) is 4. The number of carbonyl (C=O) groups excluding carboxylic acids is 2. The number of esters is 1. The first-order valence-corrected chi connectivity index (χ1v) is 10.8. The van der Waals surface area contributed by atoms with Crippen LogP contribution in [0.2, 0.25) is 0 Å². The van der Waals surface area contributed by atoms with E-state index in [1.165, 1.54) is 0 Å². The van der Waals surface area contributed by atoms with E-state index in [2.05, 4.69) is 0 Å². The van der Waals surface area contributed by atoms with Crippen LogP contribution in [0.5, 0.6) is 5.75 Å². The highest BCUT2D eigenvalue weighted by atomic mass is 16.6. The molecule has 0 aliphatic heterocycles. The zero-order chi connectivity index (χ0) is 23.5. The van der Waals surface area contributed by atoms with E-state index in [1.54, 1.807) is 29.1 Å². The average Bonchev–Trinajstić information content (AvgIpc) is 2.81. The molecule has 0 spiro atoms. The molecule has 0 saturated carbocycles. The number of hydrazine groups is 1. The molecule has 0 aliphatic rings. The molecule has 0 atom stereocenters. The summed E-state index contributed by atoms with van der Waals surface area (Å²) in [5.41, 5.74) is 3.05. The smallest absolute Gasteiger partial charge is 0.344 e. The Morgan fingerprint density at radius 1 is 0.879 bits per heavy atom. The summed E-state index contributed by atoms with van der Waals surface area (Å²) < 4.78 is 10.7. The number of hydrogen-bond donors (Lipinski definition) is 0. The van der Waals surface area contributed by atoms with Gasteiger partial charge in [0.15, 0.2) is 6.61 Å². The Balaban J connectivity index is 1.86. The Hall–Kier alpha value is -3.78. The lowest BCUT2D eigenvalue weighted by molar-refractivity contribution is -0.145. The van der Waals surface area contributed by atoms with Crippen LogP contribution in [0.3, 0.4) is 0 Å². The summed E-state index contributed by atoms with van der Waals surface area (Å²) in [7, 11) is 3.66. The molecule has 0 fully saturated rings. The van der Waals surface area contributed by atoms with Crippen LogP contribution >= 0.6 is 0 Å². The lowest BCUT2D eigenvalue weighted by Crippen LogP contribution is -2.41. The molecular formula is C25H26N4O4. The standard InChI is InChI=1S/C25H26N4O4/c1-5-29(28(3)4)25(31)18-10-7-11-19-24(18)27-23-17-9-8-12-21(33-15-22(30)32-6-2)16(17)13-14-20(23)26-19/h7-14H,5-6,15H2,1-4H3. The van der Waals surface area contributed by atoms with Gasteiger partial charge in [-0.15, -0.1) is 0 Å². The second kappa shape index (κ2) is 9.38. The molecule has 0 bridgehead atoms. The molecule has 4 rings (SSSR count). The molecule has 8 nitrogen and oxygen atoms in total. The van der Waals surface area contributed by atoms with Gasteiger partial charge in [0.05, 0.1) is 28.7 Å². The third kappa shape index (κ3) is 4.29. The molecule has 0 unspecified atom stereocenters. The van der Waals surface area contributed by atoms with Crippen molar-refractivity contribution in [3.63, 3.8) is 0 Å². The highest BCUT2D eigenvalue weighted by Gasteiger charge is 2.20. The zero-order valence-corrected chi connectivity index (χ0v) is 19.2. The minimum Gasteiger partial charge on any atom is -0.481 e. The molecule has 0 radical (unpaired) electrons. The molecule has 1 heterocycles. The van der Waals surface area contributed by atoms with Gasteiger partial charge in [0.2, 0.25) is 0 Å². The first-order valence-electron chi connectivity index (χ1n) is 10.8. The Morgan fingerprint density at radius 2 is 1.64 bits per heavy atom. The van der Waals surface area contributed by atoms with Crippen LogP contribution in [-0.2, 0) is 9.53 Å². The fourth-order valence-electron chi connectivity index (χ4n) is 3.87. The summed E-state index contributed by atoms with van der Waals surface area (Å²) >= 11 is 0. The Kier molecular flexibility index (Phi) is 6.37. The van der Waals surface area contributed by atoms with E-state index >= 15 is 0 Å². The maximum atomic E-state index is 13.2. The van der Waals surface area contributed by atoms with Crippen LogP contribution in [0, 0.1) is 0 Å². The number of fused-ring (bicyclic) bond motifs is 4. The number of rotatable bonds is 7. The normalized spacial score (nSPS) is 11.3. The van der Waals surface area contributed by atoms with Crippen molar-refractivity contribution in [3.8, 4) is 5.75 Å². The lowest BCUT2D eigenvalue weighted by atomic mass is 10.1. The summed E-state index contributed by atoms with van der Waals surface area (Å²) in [6.07, 6.45) is 0. The van der Waals surface area contributed by atoms with E-state index in [0.717, 1.165) is 10.8 Å². The quantitative estimate of drug-likeness (QED) is 0.185. The van der Waals surface area contributed by atoms with Gasteiger partial charge in [-0.05, 0) is 44.2 Å². The van der Waals surface area contributed by atoms with Crippen molar-refractivity contribution in [2.24, 2.45) is 0 Å². The number of aromatic nitrogens is 2. The largest absolute Gasteiger partial charge is 0.481 e. The molecule has 0 N–H and O–H groups in total. The molecule has 0 saturated heterocycles. The fourth-order valence-corrected chi connectivity index (χ4v) is 3.87. The molecule has 1 aromatic heterocycles. The minimum atomic E-state index is -0.425. The third-order valence-electron chi connectivity index (χ3n) is 5.35. The van der Waals surface area contributed by atoms with Crippen molar-refractivity contribution in [2.75, 3.05) is 33.9 Å². The van der Waals surface area contributed by atoms with Crippen LogP contribution in [0.15, 0.2) is 48.5 Å². The Labute approximate surface area is 191 Å². The topological polar surface area (TPSA) is 84.9 Å². The molecule has 170 valence electrons. The van der Waals surface area contributed by atoms with Crippen molar-refractivity contribution < 1.29 is 19.1 Å². The SMILES string of the molecule is CCOC(=O)COc1cccc2c1ccc1nc3cccc(C(=O)N(CC)N(C)C)c3nc12. The van der Waals surface area contributed by atoms with E-state index in [4.69, 9.17) is 19.4 Å². The highest BCUT2D eigenvalue weighted by Crippen LogP contribution is 2.32. The molecule has 1 amide bonds. The average molecular weight is 447 g/mol. The number of carbonyl (C=O) groups is 2. The van der Waals surface area contributed by atoms with Crippen molar-refractivity contribution in [1.29, 1.82) is 0 Å². The van der Waals surface area contributed by atoms with Gasteiger partial charge in [-0.1, -0.05) is 18.2 Å². The number of amides is 1. The van der Waals surface area contributed by atoms with Crippen molar-refractivity contribution >= 4 is 44.7 Å². The summed E-state index contributed by atoms with van der Waals surface area (Å²) in [4.78, 5) is 34.6. The minimum absolute atomic E-state index is 0.138. The van der Waals surface area contributed by atoms with E-state index in [-0.39, 0.29) is 12.5 Å². The molecule has 3 aromatic carbocycles. The van der Waals surface area contributed by atoms with Gasteiger partial charge in [0, 0.05) is 31.4 Å². The maximum absolute atomic E-state index is 13.2. The van der Waals surface area contributed by atoms with Crippen LogP contribution in [0.4, 0.5) is 0 Å². The number of ether oxygens (including phenoxy) is 2. The van der Waals surface area contributed by atoms with Crippen LogP contribution < -0.4 is 4.74 Å². The summed E-state index contributed by atoms with van der Waals surface area (Å²) in [6, 6.07) is 14.8. The van der Waals surface area contributed by atoms with Gasteiger partial charge in [-0.3, -0.25) is 9.80 Å². The Morgan fingerprint density at radius 3 is 2.36 bits per heavy atom. The number of hydrogen-bond acceptors (Lipinski definition) is 7. The van der Waals surface area contributed by atoms with Gasteiger partial charge >= 0.3 is 5.97 Å². The molecule has 33 heavy (non-hydrogen) atoms. The fraction of sp³-hybridized carbons (Fsp3) is 0.280. The lowest BCUT2D eigenvalue weighted by Gasteiger charge is -2.27. The van der Waals surface area contributed by atoms with Crippen LogP contribution in [0.1, 0.15) is 24.2 Å². The van der Waals surface area contributed by atoms with Gasteiger partial charge in [-0.2, -0.15) is 0 Å². The third-order valence-corrected chi connectivity index (χ3v) is 5.35. The first kappa shape index (κ1) is 22.4. The zero-order valence-electron chi connectivity index (χ0n) is 19.2. The highest BCUT2D eigenvalue weighted by molar-refractivity contribution is 6.11. The summed E-state index contributed by atoms with van der Waals surface area (Å²) in [5.74, 6) is -0.00970. The van der Waals surface area contributed by atoms with Crippen molar-refractivity contribution in [2.45, 2.75) is 13.8 Å². The monoisotopic (exact) mass is 446 g/mol. The maximum Gasteiger partial charge on any atom is 0.344 e. The van der Waals surface area contributed by atoms with Crippen LogP contribution in [0.25, 0.3) is 32.8 Å². The molecular weight excluding hydrogens is 420 g/mol. The van der Waals surface area contributed by atoms with E-state index in [0.29, 0.717) is 46.5 Å². The molecule has 8 heteroatoms. The van der Waals surface area contributed by atoms with Crippen molar-refractivity contribution in [3.05, 3.63) is 54.1 Å². The molecule has 0 aliphatic carbocycles. The predicted molar refractivity (Wildman–Crippen MR) is 127 cm³/mol. The van der Waals surface area contributed by atoms with Gasteiger partial charge in [-0.25, -0.2) is 19.8 Å². The second-order valence-electron chi connectivity index (χ2n) is 7.64. The van der Waals surface area contributed by atoms with Gasteiger partial charge in [0.25, 0.3) is 5.91 Å². The van der Waals surface area contributed by atoms with E-state index in [1.807, 2.05) is 57.4 Å². The van der Waals surface area contributed by atoms with E-state index in [9.17, 15) is 9.59 Å². The summed E-state index contributed by atoms with van der Waals surface area (Å²) in [6.45, 7) is 4.34. The Bertz CT molecular complexity index is 1350. The van der Waals surface area contributed by atoms with E-state index < -0.39 is 5.97 Å². The summed E-state index contributed by atoms with van der Waals surface area (Å²) in [5, 5.41) is 5.03. The van der Waals surface area contributed by atoms with Crippen LogP contribution in [-0.4, -0.2) is 65.7 Å². The number of para-hydroxylation sites is 1. The van der Waals surface area contributed by atoms with Gasteiger partial charge in [0.1, 0.15) is 11.3 Å². The van der Waals surface area contributed by atoms with Gasteiger partial charge < -0.3 is 9.47 Å². The molecule has 4 aromatic rings. The number of benzene rings is 3. The second-order valence-corrected chi connectivity index (χ2v) is 7.64. The predicted octanol–water partition coefficient (Wildman–Crippen LogP) is 3.82. The van der Waals surface area contributed by atoms with Crippen molar-refractivity contribution in [1.82, 2.24) is 20.0 Å². The first-order chi connectivity index (χ1) is 15.9.